The van der Waals surface area contributed by atoms with Crippen molar-refractivity contribution in [2.75, 3.05) is 29.6 Å². The number of hydrogen-bond acceptors (Lipinski definition) is 6. The molecule has 0 amide bonds. The smallest absolute Gasteiger partial charge is 0.150 e. The normalized spacial score (nSPS) is 25.7. The number of carbonyl (C=O) groups is 3. The predicted molar refractivity (Wildman–Crippen MR) is 99.0 cm³/mol. The third kappa shape index (κ3) is 8.72. The lowest BCUT2D eigenvalue weighted by Crippen LogP contribution is -2.27. The highest BCUT2D eigenvalue weighted by Gasteiger charge is 2.23. The van der Waals surface area contributed by atoms with Crippen LogP contribution in [0.25, 0.3) is 0 Å². The first-order valence-electron chi connectivity index (χ1n) is 8.10. The summed E-state index contributed by atoms with van der Waals surface area (Å²) in [5.41, 5.74) is 5.49. The molecular weight excluding hydrogens is 330 g/mol. The number of Topliss-reactive ketones (excluding diaryl/α,β-unsaturated/α-hetero) is 3. The number of hydrogen-bond donors (Lipinski definition) is 1. The molecule has 0 bridgehead atoms. The van der Waals surface area contributed by atoms with Gasteiger partial charge in [0.25, 0.3) is 0 Å². The van der Waals surface area contributed by atoms with E-state index in [1.165, 1.54) is 0 Å². The fourth-order valence-corrected chi connectivity index (χ4v) is 4.52. The van der Waals surface area contributed by atoms with Gasteiger partial charge in [0.1, 0.15) is 17.3 Å². The van der Waals surface area contributed by atoms with E-state index in [2.05, 4.69) is 12.2 Å². The van der Waals surface area contributed by atoms with Crippen LogP contribution in [-0.4, -0.2) is 46.9 Å². The molecule has 2 atom stereocenters. The Hall–Kier alpha value is -0.590. The minimum absolute atomic E-state index is 0.0405. The fraction of sp³-hybridized carbons (Fsp3) is 0.706. The molecule has 2 N–H and O–H groups in total. The summed E-state index contributed by atoms with van der Waals surface area (Å²) in [7, 11) is 0. The molecule has 0 spiro atoms. The molecule has 0 aromatic carbocycles. The van der Waals surface area contributed by atoms with Crippen LogP contribution in [0.4, 0.5) is 0 Å². The van der Waals surface area contributed by atoms with Gasteiger partial charge in [0.2, 0.25) is 0 Å². The lowest BCUT2D eigenvalue weighted by molar-refractivity contribution is -0.124. The fourth-order valence-electron chi connectivity index (χ4n) is 2.43. The van der Waals surface area contributed by atoms with Gasteiger partial charge >= 0.3 is 0 Å². The second kappa shape index (κ2) is 11.9. The van der Waals surface area contributed by atoms with Crippen LogP contribution in [0.3, 0.4) is 0 Å². The van der Waals surface area contributed by atoms with Crippen molar-refractivity contribution in [2.24, 2.45) is 17.6 Å². The highest BCUT2D eigenvalue weighted by molar-refractivity contribution is 7.99. The Morgan fingerprint density at radius 1 is 1.22 bits per heavy atom. The average molecular weight is 358 g/mol. The second-order valence-electron chi connectivity index (χ2n) is 5.86. The summed E-state index contributed by atoms with van der Waals surface area (Å²) in [4.78, 5) is 35.6. The van der Waals surface area contributed by atoms with Crippen molar-refractivity contribution in [3.8, 4) is 0 Å². The van der Waals surface area contributed by atoms with E-state index < -0.39 is 0 Å². The van der Waals surface area contributed by atoms with Gasteiger partial charge in [-0.2, -0.15) is 23.5 Å². The third-order valence-corrected chi connectivity index (χ3v) is 6.06. The molecule has 0 radical (unpaired) electrons. The standard InChI is InChI=1S/C17H27NO3S2/c1-13(19)4-5-14-11-22-8-2-3-9-23-12-15(17(21)10-18)6-7-16(14)20/h2-3,14-15H,4-12,18H2,1H3/b3-2+/t14-,15-/m0/s1. The van der Waals surface area contributed by atoms with Crippen LogP contribution in [0.5, 0.6) is 0 Å². The highest BCUT2D eigenvalue weighted by Crippen LogP contribution is 2.22. The van der Waals surface area contributed by atoms with Crippen LogP contribution in [0.1, 0.15) is 32.6 Å². The Morgan fingerprint density at radius 2 is 1.87 bits per heavy atom. The zero-order valence-electron chi connectivity index (χ0n) is 13.8. The van der Waals surface area contributed by atoms with Gasteiger partial charge in [-0.1, -0.05) is 12.2 Å². The summed E-state index contributed by atoms with van der Waals surface area (Å²) in [6, 6.07) is 0. The molecular formula is C17H27NO3S2. The molecule has 0 saturated heterocycles. The first kappa shape index (κ1) is 20.5. The summed E-state index contributed by atoms with van der Waals surface area (Å²) >= 11 is 3.45. The lowest BCUT2D eigenvalue weighted by Gasteiger charge is -2.17. The lowest BCUT2D eigenvalue weighted by atomic mass is 9.92. The van der Waals surface area contributed by atoms with E-state index in [-0.39, 0.29) is 35.7 Å². The van der Waals surface area contributed by atoms with Crippen molar-refractivity contribution in [3.63, 3.8) is 0 Å². The van der Waals surface area contributed by atoms with Gasteiger partial charge in [0.15, 0.2) is 0 Å². The molecule has 0 aromatic heterocycles. The van der Waals surface area contributed by atoms with E-state index in [1.807, 2.05) is 0 Å². The van der Waals surface area contributed by atoms with Crippen molar-refractivity contribution in [2.45, 2.75) is 32.6 Å². The van der Waals surface area contributed by atoms with Crippen molar-refractivity contribution in [1.29, 1.82) is 0 Å². The molecule has 1 aliphatic heterocycles. The summed E-state index contributed by atoms with van der Waals surface area (Å²) in [5, 5.41) is 0. The van der Waals surface area contributed by atoms with Crippen LogP contribution in [0.15, 0.2) is 12.2 Å². The van der Waals surface area contributed by atoms with Crippen LogP contribution >= 0.6 is 23.5 Å². The van der Waals surface area contributed by atoms with Gasteiger partial charge in [-0.25, -0.2) is 0 Å². The Balaban J connectivity index is 2.70. The Bertz CT molecular complexity index is 438. The maximum absolute atomic E-state index is 12.5. The quantitative estimate of drug-likeness (QED) is 0.762. The first-order valence-corrected chi connectivity index (χ1v) is 10.4. The molecule has 0 saturated carbocycles. The van der Waals surface area contributed by atoms with E-state index in [0.717, 1.165) is 23.0 Å². The number of carbonyl (C=O) groups excluding carboxylic acids is 3. The highest BCUT2D eigenvalue weighted by atomic mass is 32.2. The summed E-state index contributed by atoms with van der Waals surface area (Å²) in [6.45, 7) is 1.60. The predicted octanol–water partition coefficient (Wildman–Crippen LogP) is 2.50. The first-order chi connectivity index (χ1) is 11.0. The zero-order valence-corrected chi connectivity index (χ0v) is 15.4. The van der Waals surface area contributed by atoms with E-state index >= 15 is 0 Å². The summed E-state index contributed by atoms with van der Waals surface area (Å²) in [6.07, 6.45) is 6.29. The molecule has 1 heterocycles. The third-order valence-electron chi connectivity index (χ3n) is 3.93. The monoisotopic (exact) mass is 357 g/mol. The van der Waals surface area contributed by atoms with Crippen molar-refractivity contribution < 1.29 is 14.4 Å². The minimum atomic E-state index is -0.135. The summed E-state index contributed by atoms with van der Waals surface area (Å²) in [5.74, 6) is 3.37. The molecule has 1 rings (SSSR count). The second-order valence-corrected chi connectivity index (χ2v) is 8.01. The maximum atomic E-state index is 12.5. The van der Waals surface area contributed by atoms with Crippen LogP contribution in [0.2, 0.25) is 0 Å². The molecule has 4 nitrogen and oxygen atoms in total. The Morgan fingerprint density at radius 3 is 2.48 bits per heavy atom. The van der Waals surface area contributed by atoms with Crippen molar-refractivity contribution in [1.82, 2.24) is 0 Å². The SMILES string of the molecule is CC(=O)CC[C@H]1CSC/C=C/CSC[C@@H](C(=O)CN)CCC1=O. The molecule has 23 heavy (non-hydrogen) atoms. The average Bonchev–Trinajstić information content (AvgIpc) is 2.54. The van der Waals surface area contributed by atoms with Gasteiger partial charge < -0.3 is 10.5 Å². The molecule has 1 aliphatic rings. The zero-order chi connectivity index (χ0) is 17.1. The minimum Gasteiger partial charge on any atom is -0.324 e. The molecule has 0 aliphatic carbocycles. The van der Waals surface area contributed by atoms with E-state index in [9.17, 15) is 14.4 Å². The van der Waals surface area contributed by atoms with Gasteiger partial charge in [-0.15, -0.1) is 0 Å². The molecule has 0 aromatic rings. The molecule has 0 unspecified atom stereocenters. The topological polar surface area (TPSA) is 77.2 Å². The van der Waals surface area contributed by atoms with E-state index in [4.69, 9.17) is 5.73 Å². The number of ketones is 3. The largest absolute Gasteiger partial charge is 0.324 e. The Labute approximate surface area is 147 Å². The number of nitrogens with two attached hydrogens (primary N) is 1. The maximum Gasteiger partial charge on any atom is 0.150 e. The van der Waals surface area contributed by atoms with Crippen LogP contribution in [0, 0.1) is 11.8 Å². The van der Waals surface area contributed by atoms with Crippen molar-refractivity contribution >= 4 is 40.9 Å². The number of rotatable bonds is 5. The van der Waals surface area contributed by atoms with E-state index in [1.54, 1.807) is 30.4 Å². The molecule has 6 heteroatoms. The van der Waals surface area contributed by atoms with Crippen LogP contribution < -0.4 is 5.73 Å². The molecule has 0 fully saturated rings. The van der Waals surface area contributed by atoms with Crippen LogP contribution in [-0.2, 0) is 14.4 Å². The Kier molecular flexibility index (Phi) is 10.6. The van der Waals surface area contributed by atoms with Crippen molar-refractivity contribution in [3.05, 3.63) is 12.2 Å². The van der Waals surface area contributed by atoms with Gasteiger partial charge in [-0.3, -0.25) is 9.59 Å². The summed E-state index contributed by atoms with van der Waals surface area (Å²) < 4.78 is 0. The van der Waals surface area contributed by atoms with Gasteiger partial charge in [0.05, 0.1) is 6.54 Å². The van der Waals surface area contributed by atoms with Gasteiger partial charge in [-0.05, 0) is 19.8 Å². The van der Waals surface area contributed by atoms with E-state index in [0.29, 0.717) is 25.7 Å². The molecule has 130 valence electrons. The number of thioether (sulfide) groups is 2. The van der Waals surface area contributed by atoms with Gasteiger partial charge in [0, 0.05) is 47.7 Å².